The lowest BCUT2D eigenvalue weighted by molar-refractivity contribution is 0.170. The molecular formula is C13H14BrN3O2. The Kier molecular flexibility index (Phi) is 3.33. The van der Waals surface area contributed by atoms with Crippen molar-refractivity contribution in [2.45, 2.75) is 6.54 Å². The van der Waals surface area contributed by atoms with Gasteiger partial charge in [-0.05, 0) is 33.6 Å². The quantitative estimate of drug-likeness (QED) is 0.943. The number of aromatic nitrogens is 2. The van der Waals surface area contributed by atoms with Gasteiger partial charge in [0.25, 0.3) is 0 Å². The van der Waals surface area contributed by atoms with Gasteiger partial charge < -0.3 is 14.8 Å². The molecule has 19 heavy (non-hydrogen) atoms. The molecule has 0 amide bonds. The molecule has 0 saturated heterocycles. The summed E-state index contributed by atoms with van der Waals surface area (Å²) in [6, 6.07) is 5.96. The van der Waals surface area contributed by atoms with Crippen LogP contribution in [0.15, 0.2) is 28.9 Å². The van der Waals surface area contributed by atoms with Crippen molar-refractivity contribution >= 4 is 21.7 Å². The van der Waals surface area contributed by atoms with E-state index in [1.807, 2.05) is 31.4 Å². The van der Waals surface area contributed by atoms with Gasteiger partial charge in [0.2, 0.25) is 0 Å². The predicted octanol–water partition coefficient (Wildman–Crippen LogP) is 2.57. The molecule has 0 spiro atoms. The summed E-state index contributed by atoms with van der Waals surface area (Å²) in [7, 11) is 1.89. The number of nitrogens with zero attached hydrogens (tertiary/aromatic N) is 2. The lowest BCUT2D eigenvalue weighted by Gasteiger charge is -2.20. The van der Waals surface area contributed by atoms with Gasteiger partial charge in [-0.1, -0.05) is 0 Å². The second kappa shape index (κ2) is 5.13. The number of rotatable bonds is 3. The zero-order chi connectivity index (χ0) is 13.2. The number of fused-ring (bicyclic) bond motifs is 1. The van der Waals surface area contributed by atoms with Crippen molar-refractivity contribution in [1.82, 2.24) is 9.78 Å². The summed E-state index contributed by atoms with van der Waals surface area (Å²) in [5, 5.41) is 7.54. The molecule has 2 aromatic rings. The Labute approximate surface area is 119 Å². The normalized spacial score (nSPS) is 13.4. The first-order valence-electron chi connectivity index (χ1n) is 6.04. The zero-order valence-electron chi connectivity index (χ0n) is 10.5. The van der Waals surface area contributed by atoms with E-state index in [1.165, 1.54) is 0 Å². The SMILES string of the molecule is Cn1ccc(NCc2cc(Br)c3c(c2)OCCO3)n1. The van der Waals surface area contributed by atoms with E-state index in [4.69, 9.17) is 9.47 Å². The lowest BCUT2D eigenvalue weighted by Crippen LogP contribution is -2.16. The van der Waals surface area contributed by atoms with Crippen LogP contribution in [0, 0.1) is 0 Å². The van der Waals surface area contributed by atoms with Crippen LogP contribution in [0.25, 0.3) is 0 Å². The molecule has 2 heterocycles. The third kappa shape index (κ3) is 2.68. The predicted molar refractivity (Wildman–Crippen MR) is 75.7 cm³/mol. The topological polar surface area (TPSA) is 48.3 Å². The van der Waals surface area contributed by atoms with E-state index in [1.54, 1.807) is 4.68 Å². The number of nitrogens with one attached hydrogen (secondary N) is 1. The first-order valence-corrected chi connectivity index (χ1v) is 6.83. The second-order valence-corrected chi connectivity index (χ2v) is 5.18. The molecular weight excluding hydrogens is 310 g/mol. The fraction of sp³-hybridized carbons (Fsp3) is 0.308. The summed E-state index contributed by atoms with van der Waals surface area (Å²) in [4.78, 5) is 0. The molecule has 1 aromatic carbocycles. The minimum absolute atomic E-state index is 0.594. The summed E-state index contributed by atoms with van der Waals surface area (Å²) in [6.07, 6.45) is 1.90. The lowest BCUT2D eigenvalue weighted by atomic mass is 10.2. The van der Waals surface area contributed by atoms with Crippen LogP contribution in [-0.2, 0) is 13.6 Å². The molecule has 0 atom stereocenters. The monoisotopic (exact) mass is 323 g/mol. The summed E-state index contributed by atoms with van der Waals surface area (Å²) < 4.78 is 13.9. The van der Waals surface area contributed by atoms with Crippen molar-refractivity contribution in [2.24, 2.45) is 7.05 Å². The van der Waals surface area contributed by atoms with Gasteiger partial charge in [-0.3, -0.25) is 4.68 Å². The molecule has 5 nitrogen and oxygen atoms in total. The largest absolute Gasteiger partial charge is 0.486 e. The van der Waals surface area contributed by atoms with Crippen LogP contribution in [0.2, 0.25) is 0 Å². The van der Waals surface area contributed by atoms with Crippen LogP contribution >= 0.6 is 15.9 Å². The Hall–Kier alpha value is -1.69. The fourth-order valence-electron chi connectivity index (χ4n) is 1.97. The van der Waals surface area contributed by atoms with Crippen LogP contribution in [-0.4, -0.2) is 23.0 Å². The van der Waals surface area contributed by atoms with Gasteiger partial charge in [-0.15, -0.1) is 0 Å². The highest BCUT2D eigenvalue weighted by Gasteiger charge is 2.16. The van der Waals surface area contributed by atoms with Crippen LogP contribution in [0.5, 0.6) is 11.5 Å². The Morgan fingerprint density at radius 2 is 2.21 bits per heavy atom. The van der Waals surface area contributed by atoms with Crippen molar-refractivity contribution in [2.75, 3.05) is 18.5 Å². The van der Waals surface area contributed by atoms with E-state index < -0.39 is 0 Å². The summed E-state index contributed by atoms with van der Waals surface area (Å²) >= 11 is 3.51. The number of aryl methyl sites for hydroxylation is 1. The molecule has 1 N–H and O–H groups in total. The number of ether oxygens (including phenoxy) is 2. The van der Waals surface area contributed by atoms with Crippen molar-refractivity contribution in [1.29, 1.82) is 0 Å². The minimum atomic E-state index is 0.594. The standard InChI is InChI=1S/C13H14BrN3O2/c1-17-3-2-12(16-17)15-8-9-6-10(14)13-11(7-9)18-4-5-19-13/h2-3,6-7H,4-5,8H2,1H3,(H,15,16). The Balaban J connectivity index is 1.76. The van der Waals surface area contributed by atoms with Crippen LogP contribution in [0.4, 0.5) is 5.82 Å². The van der Waals surface area contributed by atoms with Gasteiger partial charge in [-0.25, -0.2) is 0 Å². The number of hydrogen-bond donors (Lipinski definition) is 1. The van der Waals surface area contributed by atoms with Gasteiger partial charge in [0, 0.05) is 25.9 Å². The van der Waals surface area contributed by atoms with Crippen molar-refractivity contribution in [3.05, 3.63) is 34.4 Å². The van der Waals surface area contributed by atoms with E-state index in [0.29, 0.717) is 19.8 Å². The molecule has 0 unspecified atom stereocenters. The Morgan fingerprint density at radius 3 is 3.00 bits per heavy atom. The van der Waals surface area contributed by atoms with E-state index in [2.05, 4.69) is 26.3 Å². The van der Waals surface area contributed by atoms with Gasteiger partial charge in [0.15, 0.2) is 11.5 Å². The van der Waals surface area contributed by atoms with E-state index in [9.17, 15) is 0 Å². The first-order chi connectivity index (χ1) is 9.22. The zero-order valence-corrected chi connectivity index (χ0v) is 12.1. The molecule has 0 bridgehead atoms. The third-order valence-corrected chi connectivity index (χ3v) is 3.43. The summed E-state index contributed by atoms with van der Waals surface area (Å²) in [6.45, 7) is 1.87. The van der Waals surface area contributed by atoms with Crippen molar-refractivity contribution in [3.63, 3.8) is 0 Å². The van der Waals surface area contributed by atoms with Gasteiger partial charge in [-0.2, -0.15) is 5.10 Å². The molecule has 100 valence electrons. The number of halogens is 1. The molecule has 0 saturated carbocycles. The maximum atomic E-state index is 5.60. The average Bonchev–Trinajstić information content (AvgIpc) is 2.82. The van der Waals surface area contributed by atoms with Crippen molar-refractivity contribution in [3.8, 4) is 11.5 Å². The fourth-order valence-corrected chi connectivity index (χ4v) is 2.57. The molecule has 1 aromatic heterocycles. The van der Waals surface area contributed by atoms with E-state index >= 15 is 0 Å². The molecule has 1 aliphatic rings. The summed E-state index contributed by atoms with van der Waals surface area (Å²) in [5.74, 6) is 2.43. The first kappa shape index (κ1) is 12.3. The van der Waals surface area contributed by atoms with E-state index in [0.717, 1.165) is 27.4 Å². The molecule has 0 fully saturated rings. The van der Waals surface area contributed by atoms with Crippen LogP contribution < -0.4 is 14.8 Å². The molecule has 6 heteroatoms. The summed E-state index contributed by atoms with van der Waals surface area (Å²) in [5.41, 5.74) is 1.11. The van der Waals surface area contributed by atoms with E-state index in [-0.39, 0.29) is 0 Å². The number of hydrogen-bond acceptors (Lipinski definition) is 4. The molecule has 0 radical (unpaired) electrons. The third-order valence-electron chi connectivity index (χ3n) is 2.84. The van der Waals surface area contributed by atoms with Gasteiger partial charge in [0.1, 0.15) is 19.0 Å². The number of anilines is 1. The van der Waals surface area contributed by atoms with Crippen LogP contribution in [0.1, 0.15) is 5.56 Å². The van der Waals surface area contributed by atoms with Crippen LogP contribution in [0.3, 0.4) is 0 Å². The molecule has 0 aliphatic carbocycles. The highest BCUT2D eigenvalue weighted by atomic mass is 79.9. The highest BCUT2D eigenvalue weighted by Crippen LogP contribution is 2.38. The smallest absolute Gasteiger partial charge is 0.175 e. The molecule has 3 rings (SSSR count). The van der Waals surface area contributed by atoms with Gasteiger partial charge >= 0.3 is 0 Å². The highest BCUT2D eigenvalue weighted by molar-refractivity contribution is 9.10. The van der Waals surface area contributed by atoms with Gasteiger partial charge in [0.05, 0.1) is 4.47 Å². The Morgan fingerprint density at radius 1 is 1.37 bits per heavy atom. The number of benzene rings is 1. The Bertz CT molecular complexity index is 598. The molecule has 1 aliphatic heterocycles. The second-order valence-electron chi connectivity index (χ2n) is 4.33. The average molecular weight is 324 g/mol. The minimum Gasteiger partial charge on any atom is -0.486 e. The maximum absolute atomic E-state index is 5.60. The van der Waals surface area contributed by atoms with Crippen molar-refractivity contribution < 1.29 is 9.47 Å². The maximum Gasteiger partial charge on any atom is 0.175 e.